The minimum absolute atomic E-state index is 0.129. The second-order valence-corrected chi connectivity index (χ2v) is 7.69. The molecule has 0 spiro atoms. The maximum Gasteiger partial charge on any atom is 0.433 e. The van der Waals surface area contributed by atoms with Crippen molar-refractivity contribution in [1.29, 1.82) is 0 Å². The fourth-order valence-corrected chi connectivity index (χ4v) is 3.11. The molecule has 0 atom stereocenters. The predicted molar refractivity (Wildman–Crippen MR) is 117 cm³/mol. The fourth-order valence-electron chi connectivity index (χ4n) is 3.11. The molecular formula is C23H20F4N6O. The number of benzene rings is 1. The van der Waals surface area contributed by atoms with Crippen LogP contribution in [0.25, 0.3) is 22.6 Å². The largest absolute Gasteiger partial charge is 0.488 e. The lowest BCUT2D eigenvalue weighted by atomic mass is 10.1. The maximum absolute atomic E-state index is 14.3. The van der Waals surface area contributed by atoms with Crippen molar-refractivity contribution in [3.63, 3.8) is 0 Å². The number of pyridine rings is 1. The topological polar surface area (TPSA) is 88.6 Å². The summed E-state index contributed by atoms with van der Waals surface area (Å²) in [5.41, 5.74) is 0.863. The lowest BCUT2D eigenvalue weighted by Gasteiger charge is -2.13. The van der Waals surface area contributed by atoms with Gasteiger partial charge in [-0.3, -0.25) is 5.10 Å². The van der Waals surface area contributed by atoms with E-state index in [9.17, 15) is 17.6 Å². The van der Waals surface area contributed by atoms with Gasteiger partial charge in [-0.15, -0.1) is 0 Å². The number of rotatable bonds is 7. The third-order valence-corrected chi connectivity index (χ3v) is 4.66. The molecule has 0 unspecified atom stereocenters. The zero-order chi connectivity index (χ0) is 24.3. The summed E-state index contributed by atoms with van der Waals surface area (Å²) in [5.74, 6) is -0.0682. The molecule has 0 aliphatic heterocycles. The number of halogens is 4. The van der Waals surface area contributed by atoms with Crippen LogP contribution in [0.1, 0.15) is 25.1 Å². The third-order valence-electron chi connectivity index (χ3n) is 4.66. The molecule has 0 fully saturated rings. The molecule has 0 saturated carbocycles. The Morgan fingerprint density at radius 1 is 1.03 bits per heavy atom. The van der Waals surface area contributed by atoms with E-state index in [-0.39, 0.29) is 29.8 Å². The van der Waals surface area contributed by atoms with Gasteiger partial charge in [-0.1, -0.05) is 0 Å². The van der Waals surface area contributed by atoms with Crippen LogP contribution in [-0.2, 0) is 12.7 Å². The number of nitrogens with zero attached hydrogens (tertiary/aromatic N) is 4. The molecule has 0 saturated heterocycles. The number of H-pyrrole nitrogens is 1. The van der Waals surface area contributed by atoms with Gasteiger partial charge in [0.1, 0.15) is 5.69 Å². The summed E-state index contributed by atoms with van der Waals surface area (Å²) in [4.78, 5) is 12.2. The van der Waals surface area contributed by atoms with Crippen molar-refractivity contribution in [2.45, 2.75) is 32.7 Å². The van der Waals surface area contributed by atoms with E-state index in [1.807, 2.05) is 0 Å². The van der Waals surface area contributed by atoms with Crippen LogP contribution in [0.4, 0.5) is 23.2 Å². The van der Waals surface area contributed by atoms with Gasteiger partial charge in [-0.25, -0.2) is 19.3 Å². The number of hydrogen-bond donors (Lipinski definition) is 2. The highest BCUT2D eigenvalue weighted by atomic mass is 19.4. The quantitative estimate of drug-likeness (QED) is 0.346. The molecule has 7 nitrogen and oxygen atoms in total. The molecule has 0 radical (unpaired) electrons. The summed E-state index contributed by atoms with van der Waals surface area (Å²) < 4.78 is 59.6. The van der Waals surface area contributed by atoms with Crippen molar-refractivity contribution in [2.75, 3.05) is 5.32 Å². The van der Waals surface area contributed by atoms with Crippen LogP contribution in [-0.4, -0.2) is 31.3 Å². The molecule has 2 N–H and O–H groups in total. The Hall–Kier alpha value is -4.02. The molecule has 0 amide bonds. The maximum atomic E-state index is 14.3. The lowest BCUT2D eigenvalue weighted by Crippen LogP contribution is -2.10. The number of aromatic amines is 1. The zero-order valence-electron chi connectivity index (χ0n) is 18.2. The number of hydrogen-bond acceptors (Lipinski definition) is 6. The molecule has 0 bridgehead atoms. The predicted octanol–water partition coefficient (Wildman–Crippen LogP) is 5.49. The highest BCUT2D eigenvalue weighted by molar-refractivity contribution is 5.63. The van der Waals surface area contributed by atoms with Gasteiger partial charge in [0.2, 0.25) is 0 Å². The van der Waals surface area contributed by atoms with E-state index in [1.54, 1.807) is 19.9 Å². The van der Waals surface area contributed by atoms with Gasteiger partial charge in [0.15, 0.2) is 17.4 Å². The molecule has 4 aromatic rings. The van der Waals surface area contributed by atoms with Crippen LogP contribution in [0.3, 0.4) is 0 Å². The molecule has 3 heterocycles. The number of aromatic nitrogens is 5. The van der Waals surface area contributed by atoms with E-state index >= 15 is 0 Å². The Kier molecular flexibility index (Phi) is 6.44. The molecule has 34 heavy (non-hydrogen) atoms. The molecule has 176 valence electrons. The summed E-state index contributed by atoms with van der Waals surface area (Å²) in [6.07, 6.45) is 1.13. The van der Waals surface area contributed by atoms with E-state index in [1.165, 1.54) is 43.0 Å². The molecule has 3 aromatic heterocycles. The number of anilines is 1. The highest BCUT2D eigenvalue weighted by Gasteiger charge is 2.33. The highest BCUT2D eigenvalue weighted by Crippen LogP contribution is 2.32. The number of ether oxygens (including phenoxy) is 1. The molecule has 0 aliphatic carbocycles. The molecule has 1 aromatic carbocycles. The Morgan fingerprint density at radius 3 is 2.41 bits per heavy atom. The lowest BCUT2D eigenvalue weighted by molar-refractivity contribution is -0.141. The zero-order valence-corrected chi connectivity index (χ0v) is 18.2. The SMILES string of the molecule is CC(C)Oc1ccc(-c2ncc(CNc3cc(-c4cn[nH]c4)nc(C(F)(F)F)c3)cn2)cc1F. The molecular weight excluding hydrogens is 452 g/mol. The molecule has 4 rings (SSSR count). The van der Waals surface area contributed by atoms with Crippen LogP contribution in [0, 0.1) is 5.82 Å². The van der Waals surface area contributed by atoms with Crippen molar-refractivity contribution >= 4 is 5.69 Å². The van der Waals surface area contributed by atoms with Crippen LogP contribution in [0.2, 0.25) is 0 Å². The van der Waals surface area contributed by atoms with Crippen molar-refractivity contribution in [3.8, 4) is 28.4 Å². The van der Waals surface area contributed by atoms with Crippen molar-refractivity contribution in [1.82, 2.24) is 25.1 Å². The first kappa shape index (κ1) is 23.1. The second kappa shape index (κ2) is 9.46. The van der Waals surface area contributed by atoms with E-state index in [0.29, 0.717) is 22.5 Å². The first-order valence-corrected chi connectivity index (χ1v) is 10.3. The standard InChI is InChI=1S/C23H20F4N6O/c1-13(2)34-20-4-3-15(5-18(20)24)22-29-9-14(10-30-22)8-28-17-6-19(16-11-31-32-12-16)33-21(7-17)23(25,26)27/h3-7,9-13H,8H2,1-2H3,(H,28,33)(H,31,32). The fraction of sp³-hybridized carbons (Fsp3) is 0.217. The number of alkyl halides is 3. The minimum Gasteiger partial charge on any atom is -0.488 e. The second-order valence-electron chi connectivity index (χ2n) is 7.69. The van der Waals surface area contributed by atoms with E-state index in [4.69, 9.17) is 4.74 Å². The molecule has 11 heteroatoms. The summed E-state index contributed by atoms with van der Waals surface area (Å²) in [7, 11) is 0. The smallest absolute Gasteiger partial charge is 0.433 e. The van der Waals surface area contributed by atoms with Crippen molar-refractivity contribution in [2.24, 2.45) is 0 Å². The van der Waals surface area contributed by atoms with Gasteiger partial charge < -0.3 is 10.1 Å². The summed E-state index contributed by atoms with van der Waals surface area (Å²) >= 11 is 0. The van der Waals surface area contributed by atoms with Gasteiger partial charge >= 0.3 is 6.18 Å². The van der Waals surface area contributed by atoms with E-state index in [0.717, 1.165) is 6.07 Å². The van der Waals surface area contributed by atoms with E-state index in [2.05, 4.69) is 30.5 Å². The van der Waals surface area contributed by atoms with Gasteiger partial charge in [0, 0.05) is 47.5 Å². The Balaban J connectivity index is 1.49. The average molecular weight is 472 g/mol. The Bertz CT molecular complexity index is 1260. The number of nitrogens with one attached hydrogen (secondary N) is 2. The Labute approximate surface area is 192 Å². The summed E-state index contributed by atoms with van der Waals surface area (Å²) in [6, 6.07) is 6.89. The van der Waals surface area contributed by atoms with Gasteiger partial charge in [0.05, 0.1) is 18.0 Å². The van der Waals surface area contributed by atoms with Crippen LogP contribution in [0.15, 0.2) is 55.1 Å². The Morgan fingerprint density at radius 2 is 1.79 bits per heavy atom. The summed E-state index contributed by atoms with van der Waals surface area (Å²) in [5, 5.41) is 9.26. The first-order chi connectivity index (χ1) is 16.2. The van der Waals surface area contributed by atoms with Crippen LogP contribution in [0.5, 0.6) is 5.75 Å². The van der Waals surface area contributed by atoms with Crippen molar-refractivity contribution < 1.29 is 22.3 Å². The average Bonchev–Trinajstić information content (AvgIpc) is 3.33. The van der Waals surface area contributed by atoms with Crippen molar-refractivity contribution in [3.05, 3.63) is 72.2 Å². The van der Waals surface area contributed by atoms with Crippen LogP contribution >= 0.6 is 0 Å². The monoisotopic (exact) mass is 472 g/mol. The molecule has 0 aliphatic rings. The first-order valence-electron chi connectivity index (χ1n) is 10.3. The van der Waals surface area contributed by atoms with Gasteiger partial charge in [-0.2, -0.15) is 18.3 Å². The van der Waals surface area contributed by atoms with Gasteiger partial charge in [-0.05, 0) is 44.2 Å². The normalized spacial score (nSPS) is 11.6. The van der Waals surface area contributed by atoms with Crippen LogP contribution < -0.4 is 10.1 Å². The minimum atomic E-state index is -4.61. The van der Waals surface area contributed by atoms with Gasteiger partial charge in [0.25, 0.3) is 0 Å². The third kappa shape index (κ3) is 5.48. The summed E-state index contributed by atoms with van der Waals surface area (Å²) in [6.45, 7) is 3.77. The van der Waals surface area contributed by atoms with E-state index < -0.39 is 17.7 Å².